The fraction of sp³-hybridized carbons (Fsp3) is 0.167. The third-order valence-electron chi connectivity index (χ3n) is 2.47. The number of hydrogen-bond donors (Lipinski definition) is 0. The van der Waals surface area contributed by atoms with Crippen molar-refractivity contribution in [1.82, 2.24) is 4.98 Å². The number of nitrogens with zero attached hydrogens (tertiary/aromatic N) is 3. The summed E-state index contributed by atoms with van der Waals surface area (Å²) in [4.78, 5) is 14.5. The molecule has 0 fully saturated rings. The van der Waals surface area contributed by atoms with Crippen LogP contribution in [0.2, 0.25) is 5.15 Å². The molecule has 0 aliphatic carbocycles. The van der Waals surface area contributed by atoms with Crippen molar-refractivity contribution in [1.29, 1.82) is 5.26 Å². The van der Waals surface area contributed by atoms with Gasteiger partial charge in [0.15, 0.2) is 5.75 Å². The predicted molar refractivity (Wildman–Crippen MR) is 69.3 cm³/mol. The van der Waals surface area contributed by atoms with Crippen molar-refractivity contribution in [2.75, 3.05) is 6.61 Å². The lowest BCUT2D eigenvalue weighted by Crippen LogP contribution is -1.98. The van der Waals surface area contributed by atoms with Crippen molar-refractivity contribution in [3.05, 3.63) is 39.0 Å². The number of nitriles is 1. The topological polar surface area (TPSA) is 89.0 Å². The van der Waals surface area contributed by atoms with Crippen molar-refractivity contribution < 1.29 is 9.66 Å². The van der Waals surface area contributed by atoms with E-state index in [0.29, 0.717) is 17.5 Å². The highest BCUT2D eigenvalue weighted by Gasteiger charge is 2.18. The van der Waals surface area contributed by atoms with E-state index in [2.05, 4.69) is 4.98 Å². The minimum atomic E-state index is -0.537. The number of halogens is 1. The van der Waals surface area contributed by atoms with Gasteiger partial charge in [0.05, 0.1) is 22.6 Å². The van der Waals surface area contributed by atoms with Gasteiger partial charge >= 0.3 is 5.69 Å². The van der Waals surface area contributed by atoms with Crippen LogP contribution in [0.25, 0.3) is 10.9 Å². The predicted octanol–water partition coefficient (Wildman–Crippen LogP) is 3.07. The van der Waals surface area contributed by atoms with Crippen molar-refractivity contribution in [3.63, 3.8) is 0 Å². The molecule has 1 aromatic heterocycles. The third kappa shape index (κ3) is 2.41. The van der Waals surface area contributed by atoms with Gasteiger partial charge in [0, 0.05) is 17.5 Å². The summed E-state index contributed by atoms with van der Waals surface area (Å²) < 4.78 is 5.21. The van der Waals surface area contributed by atoms with E-state index >= 15 is 0 Å². The molecule has 19 heavy (non-hydrogen) atoms. The molecule has 0 bridgehead atoms. The molecule has 1 aromatic carbocycles. The molecule has 0 aliphatic heterocycles. The Bertz CT molecular complexity index is 709. The minimum absolute atomic E-state index is 0.0614. The molecule has 2 rings (SSSR count). The molecule has 0 aliphatic rings. The maximum atomic E-state index is 11.0. The number of fused-ring (bicyclic) bond motifs is 1. The highest BCUT2D eigenvalue weighted by molar-refractivity contribution is 6.31. The van der Waals surface area contributed by atoms with E-state index in [4.69, 9.17) is 21.6 Å². The standard InChI is InChI=1S/C12H8ClN3O3/c1-2-19-11-5-9-7(4-10(11)16(17)18)3-8(6-14)12(13)15-9/h3-5H,2H2,1H3. The van der Waals surface area contributed by atoms with Crippen molar-refractivity contribution in [2.45, 2.75) is 6.92 Å². The van der Waals surface area contributed by atoms with Crippen LogP contribution in [0.4, 0.5) is 5.69 Å². The van der Waals surface area contributed by atoms with Gasteiger partial charge in [-0.25, -0.2) is 4.98 Å². The summed E-state index contributed by atoms with van der Waals surface area (Å²) in [5.41, 5.74) is 0.452. The number of aromatic nitrogens is 1. The number of pyridine rings is 1. The van der Waals surface area contributed by atoms with Crippen molar-refractivity contribution >= 4 is 28.2 Å². The molecule has 7 heteroatoms. The number of ether oxygens (including phenoxy) is 1. The van der Waals surface area contributed by atoms with Crippen molar-refractivity contribution in [3.8, 4) is 11.8 Å². The highest BCUT2D eigenvalue weighted by atomic mass is 35.5. The zero-order valence-corrected chi connectivity index (χ0v) is 10.6. The largest absolute Gasteiger partial charge is 0.487 e. The van der Waals surface area contributed by atoms with Crippen LogP contribution in [0.15, 0.2) is 18.2 Å². The van der Waals surface area contributed by atoms with Crippen LogP contribution in [0.5, 0.6) is 5.75 Å². The first kappa shape index (κ1) is 13.1. The SMILES string of the molecule is CCOc1cc2nc(Cl)c(C#N)cc2cc1[N+](=O)[O-]. The Balaban J connectivity index is 2.74. The molecule has 0 spiro atoms. The van der Waals surface area contributed by atoms with Crippen LogP contribution < -0.4 is 4.74 Å². The molecule has 0 saturated heterocycles. The van der Waals surface area contributed by atoms with Crippen molar-refractivity contribution in [2.24, 2.45) is 0 Å². The molecule has 6 nitrogen and oxygen atoms in total. The highest BCUT2D eigenvalue weighted by Crippen LogP contribution is 2.32. The first-order chi connectivity index (χ1) is 9.06. The van der Waals surface area contributed by atoms with E-state index in [1.54, 1.807) is 6.92 Å². The molecule has 0 unspecified atom stereocenters. The summed E-state index contributed by atoms with van der Waals surface area (Å²) in [6, 6.07) is 6.12. The van der Waals surface area contributed by atoms with Crippen LogP contribution in [-0.4, -0.2) is 16.5 Å². The maximum Gasteiger partial charge on any atom is 0.311 e. The summed E-state index contributed by atoms with van der Waals surface area (Å²) in [5, 5.41) is 20.4. The Morgan fingerprint density at radius 2 is 2.26 bits per heavy atom. The zero-order chi connectivity index (χ0) is 14.0. The van der Waals surface area contributed by atoms with E-state index in [1.807, 2.05) is 6.07 Å². The van der Waals surface area contributed by atoms with Gasteiger partial charge in [-0.05, 0) is 13.0 Å². The number of hydrogen-bond acceptors (Lipinski definition) is 5. The van der Waals surface area contributed by atoms with Gasteiger partial charge in [-0.2, -0.15) is 5.26 Å². The molecule has 0 N–H and O–H groups in total. The average molecular weight is 278 g/mol. The Kier molecular flexibility index (Phi) is 3.49. The van der Waals surface area contributed by atoms with E-state index < -0.39 is 4.92 Å². The van der Waals surface area contributed by atoms with Gasteiger partial charge < -0.3 is 4.74 Å². The summed E-state index contributed by atoms with van der Waals surface area (Å²) in [6.45, 7) is 2.03. The Morgan fingerprint density at radius 3 is 2.84 bits per heavy atom. The van der Waals surface area contributed by atoms with Crippen LogP contribution in [0.3, 0.4) is 0 Å². The normalized spacial score (nSPS) is 10.2. The van der Waals surface area contributed by atoms with E-state index in [9.17, 15) is 10.1 Å². The van der Waals surface area contributed by atoms with Gasteiger partial charge in [-0.3, -0.25) is 10.1 Å². The summed E-state index contributed by atoms with van der Waals surface area (Å²) >= 11 is 5.83. The smallest absolute Gasteiger partial charge is 0.311 e. The maximum absolute atomic E-state index is 11.0. The molecule has 0 saturated carbocycles. The fourth-order valence-corrected chi connectivity index (χ4v) is 1.85. The van der Waals surface area contributed by atoms with E-state index in [1.165, 1.54) is 18.2 Å². The van der Waals surface area contributed by atoms with Gasteiger partial charge in [-0.15, -0.1) is 0 Å². The second-order valence-electron chi connectivity index (χ2n) is 3.64. The molecular weight excluding hydrogens is 270 g/mol. The summed E-state index contributed by atoms with van der Waals surface area (Å²) in [6.07, 6.45) is 0. The summed E-state index contributed by atoms with van der Waals surface area (Å²) in [5.74, 6) is 0.133. The quantitative estimate of drug-likeness (QED) is 0.488. The second kappa shape index (κ2) is 5.08. The second-order valence-corrected chi connectivity index (χ2v) is 4.00. The van der Waals surface area contributed by atoms with E-state index in [-0.39, 0.29) is 22.2 Å². The lowest BCUT2D eigenvalue weighted by atomic mass is 10.1. The lowest BCUT2D eigenvalue weighted by Gasteiger charge is -2.06. The third-order valence-corrected chi connectivity index (χ3v) is 2.75. The monoisotopic (exact) mass is 277 g/mol. The average Bonchev–Trinajstić information content (AvgIpc) is 2.37. The lowest BCUT2D eigenvalue weighted by molar-refractivity contribution is -0.385. The number of benzene rings is 1. The van der Waals surface area contributed by atoms with Gasteiger partial charge in [0.1, 0.15) is 11.2 Å². The Labute approximate surface area is 113 Å². The molecule has 96 valence electrons. The van der Waals surface area contributed by atoms with Crippen LogP contribution >= 0.6 is 11.6 Å². The van der Waals surface area contributed by atoms with Gasteiger partial charge in [0.2, 0.25) is 0 Å². The van der Waals surface area contributed by atoms with Crippen LogP contribution in [-0.2, 0) is 0 Å². The van der Waals surface area contributed by atoms with Gasteiger partial charge in [0.25, 0.3) is 0 Å². The van der Waals surface area contributed by atoms with Crippen LogP contribution in [0.1, 0.15) is 12.5 Å². The fourth-order valence-electron chi connectivity index (χ4n) is 1.66. The summed E-state index contributed by atoms with van der Waals surface area (Å²) in [7, 11) is 0. The Hall–Kier alpha value is -2.39. The molecule has 0 atom stereocenters. The molecule has 1 heterocycles. The zero-order valence-electron chi connectivity index (χ0n) is 9.88. The first-order valence-electron chi connectivity index (χ1n) is 5.38. The number of nitro benzene ring substituents is 1. The Morgan fingerprint density at radius 1 is 1.53 bits per heavy atom. The minimum Gasteiger partial charge on any atom is -0.487 e. The van der Waals surface area contributed by atoms with Crippen LogP contribution in [0, 0.1) is 21.4 Å². The molecule has 2 aromatic rings. The molecular formula is C12H8ClN3O3. The first-order valence-corrected chi connectivity index (χ1v) is 5.76. The molecule has 0 amide bonds. The van der Waals surface area contributed by atoms with Gasteiger partial charge in [-0.1, -0.05) is 11.6 Å². The molecule has 0 radical (unpaired) electrons. The number of rotatable bonds is 3. The van der Waals surface area contributed by atoms with E-state index in [0.717, 1.165) is 0 Å². The number of nitro groups is 1.